The Morgan fingerprint density at radius 2 is 1.82 bits per heavy atom. The van der Waals surface area contributed by atoms with Crippen LogP contribution in [0.3, 0.4) is 0 Å². The average Bonchev–Trinajstić information content (AvgIpc) is 2.72. The van der Waals surface area contributed by atoms with Crippen molar-refractivity contribution in [2.24, 2.45) is 4.99 Å². The van der Waals surface area contributed by atoms with Crippen LogP contribution < -0.4 is 15.5 Å². The van der Waals surface area contributed by atoms with Gasteiger partial charge in [-0.25, -0.2) is 9.98 Å². The molecule has 0 saturated carbocycles. The molecular weight excluding hydrogens is 348 g/mol. The number of guanidine groups is 1. The van der Waals surface area contributed by atoms with Gasteiger partial charge in [0, 0.05) is 51.0 Å². The standard InChI is InChI=1S/C22H32N6/c1-4-23-22(25-16-19-9-7-18(2)8-10-19)26-17-20-6-5-11-24-21(20)28-14-12-27(3)13-15-28/h5-11H,4,12-17H2,1-3H3,(H2,23,25,26). The van der Waals surface area contributed by atoms with E-state index in [9.17, 15) is 0 Å². The predicted molar refractivity (Wildman–Crippen MR) is 117 cm³/mol. The van der Waals surface area contributed by atoms with E-state index in [1.165, 1.54) is 16.7 Å². The summed E-state index contributed by atoms with van der Waals surface area (Å²) in [5.74, 6) is 1.91. The molecule has 1 aliphatic rings. The van der Waals surface area contributed by atoms with Crippen LogP contribution in [-0.2, 0) is 13.1 Å². The number of nitrogens with zero attached hydrogens (tertiary/aromatic N) is 4. The summed E-state index contributed by atoms with van der Waals surface area (Å²) in [5.41, 5.74) is 3.68. The largest absolute Gasteiger partial charge is 0.357 e. The molecule has 28 heavy (non-hydrogen) atoms. The Morgan fingerprint density at radius 1 is 1.07 bits per heavy atom. The number of aryl methyl sites for hydroxylation is 1. The van der Waals surface area contributed by atoms with Crippen LogP contribution >= 0.6 is 0 Å². The van der Waals surface area contributed by atoms with E-state index in [1.807, 2.05) is 12.3 Å². The minimum absolute atomic E-state index is 0.661. The highest BCUT2D eigenvalue weighted by Crippen LogP contribution is 2.18. The molecule has 1 saturated heterocycles. The highest BCUT2D eigenvalue weighted by molar-refractivity contribution is 5.79. The molecule has 1 fully saturated rings. The minimum Gasteiger partial charge on any atom is -0.357 e. The van der Waals surface area contributed by atoms with Gasteiger partial charge in [0.1, 0.15) is 5.82 Å². The first-order chi connectivity index (χ1) is 13.7. The summed E-state index contributed by atoms with van der Waals surface area (Å²) in [6, 6.07) is 12.7. The van der Waals surface area contributed by atoms with Gasteiger partial charge >= 0.3 is 0 Å². The molecule has 2 N–H and O–H groups in total. The molecule has 2 aromatic rings. The molecule has 0 spiro atoms. The number of benzene rings is 1. The maximum absolute atomic E-state index is 4.73. The Kier molecular flexibility index (Phi) is 7.25. The lowest BCUT2D eigenvalue weighted by atomic mass is 10.1. The molecule has 150 valence electrons. The van der Waals surface area contributed by atoms with Crippen LogP contribution in [0, 0.1) is 6.92 Å². The third-order valence-corrected chi connectivity index (χ3v) is 5.00. The first kappa shape index (κ1) is 20.1. The molecule has 6 heteroatoms. The molecule has 0 atom stereocenters. The second-order valence-corrected chi connectivity index (χ2v) is 7.31. The molecule has 6 nitrogen and oxygen atoms in total. The van der Waals surface area contributed by atoms with Gasteiger partial charge in [0.15, 0.2) is 5.96 Å². The lowest BCUT2D eigenvalue weighted by Crippen LogP contribution is -2.45. The van der Waals surface area contributed by atoms with Crippen molar-refractivity contribution in [1.82, 2.24) is 20.5 Å². The molecule has 1 aromatic carbocycles. The first-order valence-electron chi connectivity index (χ1n) is 10.1. The first-order valence-corrected chi connectivity index (χ1v) is 10.1. The second-order valence-electron chi connectivity index (χ2n) is 7.31. The second kappa shape index (κ2) is 10.1. The number of likely N-dealkylation sites (N-methyl/N-ethyl adjacent to an activating group) is 1. The van der Waals surface area contributed by atoms with Crippen LogP contribution in [0.5, 0.6) is 0 Å². The molecule has 2 heterocycles. The lowest BCUT2D eigenvalue weighted by Gasteiger charge is -2.34. The topological polar surface area (TPSA) is 55.8 Å². The van der Waals surface area contributed by atoms with Crippen molar-refractivity contribution in [1.29, 1.82) is 0 Å². The smallest absolute Gasteiger partial charge is 0.191 e. The summed E-state index contributed by atoms with van der Waals surface area (Å²) < 4.78 is 0. The fourth-order valence-corrected chi connectivity index (χ4v) is 3.26. The van der Waals surface area contributed by atoms with Crippen molar-refractivity contribution in [3.63, 3.8) is 0 Å². The van der Waals surface area contributed by atoms with E-state index in [1.54, 1.807) is 0 Å². The molecule has 0 amide bonds. The summed E-state index contributed by atoms with van der Waals surface area (Å²) >= 11 is 0. The van der Waals surface area contributed by atoms with Gasteiger partial charge in [-0.05, 0) is 32.5 Å². The number of hydrogen-bond acceptors (Lipinski definition) is 4. The Morgan fingerprint density at radius 3 is 2.54 bits per heavy atom. The summed E-state index contributed by atoms with van der Waals surface area (Å²) in [7, 11) is 2.17. The third kappa shape index (κ3) is 5.70. The number of piperazine rings is 1. The Bertz CT molecular complexity index is 763. The van der Waals surface area contributed by atoms with E-state index in [4.69, 9.17) is 4.99 Å². The van der Waals surface area contributed by atoms with Crippen molar-refractivity contribution < 1.29 is 0 Å². The average molecular weight is 381 g/mol. The van der Waals surface area contributed by atoms with Gasteiger partial charge < -0.3 is 20.4 Å². The van der Waals surface area contributed by atoms with E-state index in [2.05, 4.69) is 76.6 Å². The molecular formula is C22H32N6. The number of aromatic nitrogens is 1. The number of rotatable bonds is 6. The van der Waals surface area contributed by atoms with Crippen molar-refractivity contribution >= 4 is 11.8 Å². The molecule has 1 aromatic heterocycles. The molecule has 0 unspecified atom stereocenters. The van der Waals surface area contributed by atoms with E-state index in [0.717, 1.165) is 44.5 Å². The van der Waals surface area contributed by atoms with Gasteiger partial charge in [-0.1, -0.05) is 35.9 Å². The van der Waals surface area contributed by atoms with E-state index < -0.39 is 0 Å². The van der Waals surface area contributed by atoms with Crippen molar-refractivity contribution in [2.45, 2.75) is 26.9 Å². The lowest BCUT2D eigenvalue weighted by molar-refractivity contribution is 0.312. The van der Waals surface area contributed by atoms with Gasteiger partial charge in [0.25, 0.3) is 0 Å². The molecule has 0 bridgehead atoms. The molecule has 1 aliphatic heterocycles. The van der Waals surface area contributed by atoms with Crippen LogP contribution in [-0.4, -0.2) is 55.6 Å². The number of anilines is 1. The number of nitrogens with one attached hydrogen (secondary N) is 2. The van der Waals surface area contributed by atoms with Gasteiger partial charge in [-0.2, -0.15) is 0 Å². The van der Waals surface area contributed by atoms with Crippen molar-refractivity contribution in [2.75, 3.05) is 44.7 Å². The summed E-state index contributed by atoms with van der Waals surface area (Å²) in [6.45, 7) is 10.6. The zero-order valence-electron chi connectivity index (χ0n) is 17.3. The van der Waals surface area contributed by atoms with E-state index in [0.29, 0.717) is 13.1 Å². The maximum atomic E-state index is 4.73. The van der Waals surface area contributed by atoms with E-state index >= 15 is 0 Å². The fraction of sp³-hybridized carbons (Fsp3) is 0.455. The Labute approximate surface area is 168 Å². The number of aliphatic imine (C=N–C) groups is 1. The van der Waals surface area contributed by atoms with Crippen LogP contribution in [0.2, 0.25) is 0 Å². The van der Waals surface area contributed by atoms with E-state index in [-0.39, 0.29) is 0 Å². The summed E-state index contributed by atoms with van der Waals surface area (Å²) in [4.78, 5) is 14.1. The zero-order valence-corrected chi connectivity index (χ0v) is 17.3. The van der Waals surface area contributed by atoms with Crippen molar-refractivity contribution in [3.05, 3.63) is 59.3 Å². The quantitative estimate of drug-likeness (QED) is 0.595. The molecule has 0 radical (unpaired) electrons. The van der Waals surface area contributed by atoms with Crippen LogP contribution in [0.4, 0.5) is 5.82 Å². The van der Waals surface area contributed by atoms with Gasteiger partial charge in [0.05, 0.1) is 6.54 Å². The van der Waals surface area contributed by atoms with Crippen molar-refractivity contribution in [3.8, 4) is 0 Å². The highest BCUT2D eigenvalue weighted by Gasteiger charge is 2.17. The zero-order chi connectivity index (χ0) is 19.8. The third-order valence-electron chi connectivity index (χ3n) is 5.00. The van der Waals surface area contributed by atoms with Crippen LogP contribution in [0.1, 0.15) is 23.6 Å². The SMILES string of the molecule is CCNC(=NCc1ccc(C)cc1)NCc1cccnc1N1CCN(C)CC1. The van der Waals surface area contributed by atoms with Gasteiger partial charge in [-0.3, -0.25) is 0 Å². The Balaban J connectivity index is 1.65. The maximum Gasteiger partial charge on any atom is 0.191 e. The molecule has 0 aliphatic carbocycles. The Hall–Kier alpha value is -2.60. The monoisotopic (exact) mass is 380 g/mol. The number of hydrogen-bond donors (Lipinski definition) is 2. The summed E-state index contributed by atoms with van der Waals surface area (Å²) in [5, 5.41) is 6.81. The minimum atomic E-state index is 0.661. The fourth-order valence-electron chi connectivity index (χ4n) is 3.26. The van der Waals surface area contributed by atoms with Crippen LogP contribution in [0.25, 0.3) is 0 Å². The van der Waals surface area contributed by atoms with Crippen LogP contribution in [0.15, 0.2) is 47.6 Å². The molecule has 3 rings (SSSR count). The van der Waals surface area contributed by atoms with Gasteiger partial charge in [-0.15, -0.1) is 0 Å². The normalized spacial score (nSPS) is 15.5. The highest BCUT2D eigenvalue weighted by atomic mass is 15.3. The number of pyridine rings is 1. The van der Waals surface area contributed by atoms with Gasteiger partial charge in [0.2, 0.25) is 0 Å². The predicted octanol–water partition coefficient (Wildman–Crippen LogP) is 2.40. The summed E-state index contributed by atoms with van der Waals surface area (Å²) in [6.07, 6.45) is 1.88.